The Balaban J connectivity index is 1.74. The Morgan fingerprint density at radius 2 is 1.66 bits per heavy atom. The molecule has 2 atom stereocenters. The van der Waals surface area contributed by atoms with Gasteiger partial charge in [0.15, 0.2) is 17.1 Å². The number of nitrogens with zero attached hydrogens (tertiary/aromatic N) is 3. The first-order valence-electron chi connectivity index (χ1n) is 9.95. The number of aromatic nitrogens is 3. The lowest BCUT2D eigenvalue weighted by atomic mass is 10.3. The second-order valence-corrected chi connectivity index (χ2v) is 8.70. The molecule has 0 bridgehead atoms. The van der Waals surface area contributed by atoms with Crippen molar-refractivity contribution in [1.29, 1.82) is 0 Å². The third kappa shape index (κ3) is 5.61. The lowest BCUT2D eigenvalue weighted by molar-refractivity contribution is -0.115. The van der Waals surface area contributed by atoms with Gasteiger partial charge in [-0.05, 0) is 64.1 Å². The summed E-state index contributed by atoms with van der Waals surface area (Å²) in [4.78, 5) is 12.5. The molecule has 2 aromatic carbocycles. The van der Waals surface area contributed by atoms with Crippen molar-refractivity contribution < 1.29 is 22.7 Å². The summed E-state index contributed by atoms with van der Waals surface area (Å²) in [6.07, 6.45) is -0.484. The van der Waals surface area contributed by atoms with Crippen molar-refractivity contribution in [3.05, 3.63) is 65.7 Å². The number of thioether (sulfide) groups is 1. The van der Waals surface area contributed by atoms with Gasteiger partial charge in [0.2, 0.25) is 5.91 Å². The van der Waals surface area contributed by atoms with Crippen LogP contribution in [0, 0.1) is 17.5 Å². The van der Waals surface area contributed by atoms with Crippen LogP contribution in [-0.2, 0) is 4.79 Å². The molecule has 0 aliphatic carbocycles. The number of nitrogens with one attached hydrogen (secondary N) is 1. The fraction of sp³-hybridized carbons (Fsp3) is 0.318. The maximum Gasteiger partial charge on any atom is 0.237 e. The second kappa shape index (κ2) is 10.1. The lowest BCUT2D eigenvalue weighted by Crippen LogP contribution is -2.24. The van der Waals surface area contributed by atoms with Crippen LogP contribution in [0.15, 0.2) is 47.6 Å². The van der Waals surface area contributed by atoms with Crippen LogP contribution in [0.3, 0.4) is 0 Å². The predicted octanol–water partition coefficient (Wildman–Crippen LogP) is 5.54. The highest BCUT2D eigenvalue weighted by Gasteiger charge is 2.25. The molecule has 3 rings (SSSR count). The van der Waals surface area contributed by atoms with Crippen LogP contribution in [0.2, 0.25) is 0 Å². The summed E-state index contributed by atoms with van der Waals surface area (Å²) in [5.41, 5.74) is -0.101. The number of anilines is 1. The summed E-state index contributed by atoms with van der Waals surface area (Å²) in [5, 5.41) is 10.8. The molecule has 10 heteroatoms. The van der Waals surface area contributed by atoms with Gasteiger partial charge < -0.3 is 14.6 Å². The molecule has 1 heterocycles. The Labute approximate surface area is 188 Å². The molecule has 0 radical (unpaired) electrons. The van der Waals surface area contributed by atoms with Crippen LogP contribution >= 0.6 is 11.8 Å². The molecule has 0 fully saturated rings. The molecular formula is C22H23F3N4O2S. The molecule has 1 amide bonds. The van der Waals surface area contributed by atoms with Gasteiger partial charge in [-0.15, -0.1) is 10.2 Å². The highest BCUT2D eigenvalue weighted by molar-refractivity contribution is 8.00. The highest BCUT2D eigenvalue weighted by atomic mass is 32.2. The number of carbonyl (C=O) groups excluding carboxylic acids is 1. The molecule has 2 unspecified atom stereocenters. The van der Waals surface area contributed by atoms with Crippen molar-refractivity contribution >= 4 is 23.4 Å². The topological polar surface area (TPSA) is 69.0 Å². The Bertz CT molecular complexity index is 1090. The zero-order valence-electron chi connectivity index (χ0n) is 18.0. The number of benzene rings is 2. The minimum atomic E-state index is -0.852. The quantitative estimate of drug-likeness (QED) is 0.444. The maximum absolute atomic E-state index is 13.8. The molecule has 1 aromatic heterocycles. The number of rotatable bonds is 8. The van der Waals surface area contributed by atoms with E-state index in [1.54, 1.807) is 13.8 Å². The average molecular weight is 465 g/mol. The van der Waals surface area contributed by atoms with Crippen LogP contribution in [0.4, 0.5) is 18.9 Å². The zero-order valence-corrected chi connectivity index (χ0v) is 18.8. The van der Waals surface area contributed by atoms with E-state index in [9.17, 15) is 18.0 Å². The molecular weight excluding hydrogens is 441 g/mol. The molecule has 32 heavy (non-hydrogen) atoms. The van der Waals surface area contributed by atoms with E-state index in [4.69, 9.17) is 4.74 Å². The zero-order chi connectivity index (χ0) is 23.4. The van der Waals surface area contributed by atoms with Crippen molar-refractivity contribution in [2.75, 3.05) is 5.32 Å². The molecule has 0 saturated heterocycles. The minimum absolute atomic E-state index is 0.0356. The third-order valence-electron chi connectivity index (χ3n) is 4.54. The molecule has 170 valence electrons. The van der Waals surface area contributed by atoms with Gasteiger partial charge in [0.05, 0.1) is 10.9 Å². The first-order valence-corrected chi connectivity index (χ1v) is 10.8. The van der Waals surface area contributed by atoms with Gasteiger partial charge in [0, 0.05) is 12.1 Å². The largest absolute Gasteiger partial charge is 0.483 e. The van der Waals surface area contributed by atoms with Crippen LogP contribution in [0.25, 0.3) is 0 Å². The van der Waals surface area contributed by atoms with Crippen LogP contribution in [-0.4, -0.2) is 25.9 Å². The first-order chi connectivity index (χ1) is 15.2. The van der Waals surface area contributed by atoms with E-state index in [1.807, 2.05) is 18.4 Å². The Morgan fingerprint density at radius 3 is 2.28 bits per heavy atom. The molecule has 0 saturated carbocycles. The van der Waals surface area contributed by atoms with Crippen LogP contribution in [0.5, 0.6) is 5.75 Å². The van der Waals surface area contributed by atoms with Crippen LogP contribution in [0.1, 0.15) is 45.7 Å². The summed E-state index contributed by atoms with van der Waals surface area (Å²) < 4.78 is 47.8. The molecule has 6 nitrogen and oxygen atoms in total. The highest BCUT2D eigenvalue weighted by Crippen LogP contribution is 2.30. The molecule has 0 aliphatic heterocycles. The van der Waals surface area contributed by atoms with E-state index < -0.39 is 28.9 Å². The van der Waals surface area contributed by atoms with Crippen LogP contribution < -0.4 is 10.1 Å². The van der Waals surface area contributed by atoms with Gasteiger partial charge in [-0.25, -0.2) is 13.2 Å². The Hall–Kier alpha value is -3.01. The van der Waals surface area contributed by atoms with Gasteiger partial charge in [-0.2, -0.15) is 0 Å². The van der Waals surface area contributed by atoms with E-state index in [2.05, 4.69) is 15.5 Å². The van der Waals surface area contributed by atoms with Gasteiger partial charge in [-0.1, -0.05) is 11.8 Å². The van der Waals surface area contributed by atoms with E-state index in [0.29, 0.717) is 22.8 Å². The Morgan fingerprint density at radius 1 is 1.00 bits per heavy atom. The summed E-state index contributed by atoms with van der Waals surface area (Å²) in [6.45, 7) is 7.34. The second-order valence-electron chi connectivity index (χ2n) is 7.39. The molecule has 0 aliphatic rings. The standard InChI is InChI=1S/C22H23F3N4O2S/c1-12(2)29-20(13(3)31-17-8-5-15(23)6-9-17)27-28-22(29)32-14(4)21(30)26-19-10-7-16(24)11-18(19)25/h5-14H,1-4H3,(H,26,30). The summed E-state index contributed by atoms with van der Waals surface area (Å²) >= 11 is 1.16. The molecule has 1 N–H and O–H groups in total. The maximum atomic E-state index is 13.8. The van der Waals surface area contributed by atoms with Crippen molar-refractivity contribution in [3.8, 4) is 5.75 Å². The third-order valence-corrected chi connectivity index (χ3v) is 5.59. The Kier molecular flexibility index (Phi) is 7.44. The molecule has 3 aromatic rings. The van der Waals surface area contributed by atoms with E-state index in [0.717, 1.165) is 17.8 Å². The number of amides is 1. The lowest BCUT2D eigenvalue weighted by Gasteiger charge is -2.19. The van der Waals surface area contributed by atoms with E-state index in [1.165, 1.54) is 30.3 Å². The number of hydrogen-bond donors (Lipinski definition) is 1. The van der Waals surface area contributed by atoms with Crippen molar-refractivity contribution in [1.82, 2.24) is 14.8 Å². The summed E-state index contributed by atoms with van der Waals surface area (Å²) in [6, 6.07) is 8.58. The molecule has 0 spiro atoms. The summed E-state index contributed by atoms with van der Waals surface area (Å²) in [5.74, 6) is -1.37. The van der Waals surface area contributed by atoms with Gasteiger partial charge in [0.1, 0.15) is 23.2 Å². The van der Waals surface area contributed by atoms with Gasteiger partial charge in [0.25, 0.3) is 0 Å². The minimum Gasteiger partial charge on any atom is -0.483 e. The number of hydrogen-bond acceptors (Lipinski definition) is 5. The van der Waals surface area contributed by atoms with Gasteiger partial charge >= 0.3 is 0 Å². The fourth-order valence-corrected chi connectivity index (χ4v) is 3.93. The van der Waals surface area contributed by atoms with Crippen molar-refractivity contribution in [3.63, 3.8) is 0 Å². The normalized spacial score (nSPS) is 13.1. The van der Waals surface area contributed by atoms with E-state index >= 15 is 0 Å². The first kappa shape index (κ1) is 23.6. The number of carbonyl (C=O) groups is 1. The monoisotopic (exact) mass is 464 g/mol. The van der Waals surface area contributed by atoms with Crippen molar-refractivity contribution in [2.45, 2.75) is 50.2 Å². The van der Waals surface area contributed by atoms with Crippen molar-refractivity contribution in [2.24, 2.45) is 0 Å². The number of halogens is 3. The SMILES string of the molecule is CC(Sc1nnc(C(C)Oc2ccc(F)cc2)n1C(C)C)C(=O)Nc1ccc(F)cc1F. The fourth-order valence-electron chi connectivity index (χ4n) is 2.94. The smallest absolute Gasteiger partial charge is 0.237 e. The predicted molar refractivity (Wildman–Crippen MR) is 116 cm³/mol. The number of ether oxygens (including phenoxy) is 1. The summed E-state index contributed by atoms with van der Waals surface area (Å²) in [7, 11) is 0. The average Bonchev–Trinajstić information content (AvgIpc) is 3.15. The van der Waals surface area contributed by atoms with E-state index in [-0.39, 0.29) is 17.5 Å². The van der Waals surface area contributed by atoms with Gasteiger partial charge in [-0.3, -0.25) is 4.79 Å².